The van der Waals surface area contributed by atoms with Gasteiger partial charge in [0.15, 0.2) is 16.4 Å². The summed E-state index contributed by atoms with van der Waals surface area (Å²) < 4.78 is 44.0. The summed E-state index contributed by atoms with van der Waals surface area (Å²) in [6.45, 7) is 0.0593. The maximum absolute atomic E-state index is 13.1. The number of hydrogen-bond donors (Lipinski definition) is 1. The molecule has 0 aromatic heterocycles. The van der Waals surface area contributed by atoms with Gasteiger partial charge in [-0.05, 0) is 78.7 Å². The maximum atomic E-state index is 13.1. The smallest absolute Gasteiger partial charge is 0.341 e. The van der Waals surface area contributed by atoms with Crippen LogP contribution in [0.4, 0.5) is 4.39 Å². The van der Waals surface area contributed by atoms with Crippen molar-refractivity contribution >= 4 is 27.8 Å². The van der Waals surface area contributed by atoms with E-state index in [-0.39, 0.29) is 10.7 Å². The van der Waals surface area contributed by atoms with E-state index in [0.717, 1.165) is 16.7 Å². The van der Waals surface area contributed by atoms with Gasteiger partial charge in [0.2, 0.25) is 0 Å². The first kappa shape index (κ1) is 23.8. The summed E-state index contributed by atoms with van der Waals surface area (Å²) in [6, 6.07) is 18.0. The third-order valence-corrected chi connectivity index (χ3v) is 6.52. The second-order valence-electron chi connectivity index (χ2n) is 7.14. The number of ether oxygens (including phenoxy) is 1. The average Bonchev–Trinajstić information content (AvgIpc) is 2.74. The highest BCUT2D eigenvalue weighted by Crippen LogP contribution is 2.33. The highest BCUT2D eigenvalue weighted by molar-refractivity contribution is 7.97. The Kier molecular flexibility index (Phi) is 7.55. The Morgan fingerprint density at radius 3 is 2.31 bits per heavy atom. The minimum Gasteiger partial charge on any atom is -0.481 e. The van der Waals surface area contributed by atoms with Crippen LogP contribution in [0, 0.1) is 5.82 Å². The van der Waals surface area contributed by atoms with Gasteiger partial charge in [-0.2, -0.15) is 0 Å². The zero-order valence-electron chi connectivity index (χ0n) is 17.5. The van der Waals surface area contributed by atoms with E-state index in [1.807, 2.05) is 23.5 Å². The van der Waals surface area contributed by atoms with Gasteiger partial charge in [-0.15, -0.1) is 0 Å². The molecule has 3 aromatic rings. The van der Waals surface area contributed by atoms with Gasteiger partial charge in [-0.25, -0.2) is 21.9 Å². The predicted octanol–water partition coefficient (Wildman–Crippen LogP) is 4.50. The number of nitrogens with zero attached hydrogens (tertiary/aromatic N) is 1. The molecule has 1 N–H and O–H groups in total. The van der Waals surface area contributed by atoms with Crippen molar-refractivity contribution in [3.8, 4) is 16.9 Å². The van der Waals surface area contributed by atoms with Gasteiger partial charge in [-0.3, -0.25) is 0 Å². The van der Waals surface area contributed by atoms with Crippen LogP contribution in [0.15, 0.2) is 76.5 Å². The van der Waals surface area contributed by atoms with Crippen LogP contribution in [-0.4, -0.2) is 43.7 Å². The second-order valence-corrected chi connectivity index (χ2v) is 10.4. The van der Waals surface area contributed by atoms with Gasteiger partial charge in [0.1, 0.15) is 11.6 Å². The largest absolute Gasteiger partial charge is 0.481 e. The molecule has 6 nitrogen and oxygen atoms in total. The van der Waals surface area contributed by atoms with Crippen molar-refractivity contribution in [1.82, 2.24) is 4.31 Å². The molecule has 0 atom stereocenters. The summed E-state index contributed by atoms with van der Waals surface area (Å²) in [5, 5.41) is 8.97. The van der Waals surface area contributed by atoms with Crippen LogP contribution in [0.2, 0.25) is 0 Å². The summed E-state index contributed by atoms with van der Waals surface area (Å²) in [6.07, 6.45) is 1.14. The molecule has 0 saturated heterocycles. The molecule has 168 valence electrons. The van der Waals surface area contributed by atoms with Crippen LogP contribution in [0.5, 0.6) is 5.75 Å². The molecule has 9 heteroatoms. The van der Waals surface area contributed by atoms with E-state index < -0.39 is 22.4 Å². The molecule has 0 amide bonds. The van der Waals surface area contributed by atoms with Crippen LogP contribution in [0.3, 0.4) is 0 Å². The molecule has 0 spiro atoms. The molecule has 0 unspecified atom stereocenters. The summed E-state index contributed by atoms with van der Waals surface area (Å²) >= 11 is 1.46. The Labute approximate surface area is 190 Å². The first-order chi connectivity index (χ1) is 15.1. The number of carboxylic acid groups (broad SMARTS) is 1. The number of aliphatic carboxylic acids is 1. The second kappa shape index (κ2) is 10.2. The molecule has 0 aliphatic rings. The average molecular weight is 476 g/mol. The van der Waals surface area contributed by atoms with Crippen molar-refractivity contribution in [2.24, 2.45) is 0 Å². The fraction of sp³-hybridized carbons (Fsp3) is 0.174. The van der Waals surface area contributed by atoms with Crippen LogP contribution >= 0.6 is 11.9 Å². The summed E-state index contributed by atoms with van der Waals surface area (Å²) in [7, 11) is -1.43. The van der Waals surface area contributed by atoms with E-state index in [1.54, 1.807) is 30.3 Å². The molecule has 0 aliphatic heterocycles. The van der Waals surface area contributed by atoms with E-state index in [1.165, 1.54) is 36.2 Å². The topological polar surface area (TPSA) is 83.9 Å². The van der Waals surface area contributed by atoms with Gasteiger partial charge >= 0.3 is 5.97 Å². The minimum absolute atomic E-state index is 0.195. The van der Waals surface area contributed by atoms with E-state index in [4.69, 9.17) is 9.84 Å². The first-order valence-electron chi connectivity index (χ1n) is 9.54. The molecule has 0 bridgehead atoms. The summed E-state index contributed by atoms with van der Waals surface area (Å²) in [4.78, 5) is 12.0. The Balaban J connectivity index is 1.86. The zero-order chi connectivity index (χ0) is 23.3. The quantitative estimate of drug-likeness (QED) is 0.456. The third kappa shape index (κ3) is 6.56. The van der Waals surface area contributed by atoms with E-state index in [9.17, 15) is 17.6 Å². The van der Waals surface area contributed by atoms with Crippen molar-refractivity contribution in [3.63, 3.8) is 0 Å². The van der Waals surface area contributed by atoms with Crippen molar-refractivity contribution in [1.29, 1.82) is 0 Å². The van der Waals surface area contributed by atoms with Gasteiger partial charge < -0.3 is 9.84 Å². The molecule has 32 heavy (non-hydrogen) atoms. The molecule has 3 aromatic carbocycles. The number of carbonyl (C=O) groups is 1. The van der Waals surface area contributed by atoms with Gasteiger partial charge in [-0.1, -0.05) is 18.2 Å². The van der Waals surface area contributed by atoms with Gasteiger partial charge in [0, 0.05) is 23.3 Å². The van der Waals surface area contributed by atoms with E-state index in [0.29, 0.717) is 23.4 Å². The SMILES string of the molecule is CN(Cc1ccc(OCC(=O)O)c(-c2ccc(S(C)(=O)=O)cc2)c1)Sc1ccc(F)cc1. The van der Waals surface area contributed by atoms with Crippen LogP contribution in [-0.2, 0) is 21.2 Å². The lowest BCUT2D eigenvalue weighted by atomic mass is 10.0. The molecular formula is C23H22FNO5S2. The molecule has 0 aliphatic carbocycles. The molecule has 0 radical (unpaired) electrons. The highest BCUT2D eigenvalue weighted by Gasteiger charge is 2.13. The van der Waals surface area contributed by atoms with Crippen molar-refractivity contribution in [2.45, 2.75) is 16.3 Å². The molecule has 3 rings (SSSR count). The zero-order valence-corrected chi connectivity index (χ0v) is 19.1. The van der Waals surface area contributed by atoms with Gasteiger partial charge in [0.25, 0.3) is 0 Å². The first-order valence-corrected chi connectivity index (χ1v) is 12.2. The number of sulfone groups is 1. The normalized spacial score (nSPS) is 11.5. The molecule has 0 saturated carbocycles. The Morgan fingerprint density at radius 1 is 1.06 bits per heavy atom. The van der Waals surface area contributed by atoms with Crippen molar-refractivity contribution in [3.05, 3.63) is 78.1 Å². The number of carboxylic acids is 1. The number of halogens is 1. The van der Waals surface area contributed by atoms with Gasteiger partial charge in [0.05, 0.1) is 4.90 Å². The predicted molar refractivity (Wildman–Crippen MR) is 122 cm³/mol. The number of hydrogen-bond acceptors (Lipinski definition) is 6. The molecular weight excluding hydrogens is 453 g/mol. The fourth-order valence-electron chi connectivity index (χ4n) is 3.01. The van der Waals surface area contributed by atoms with Crippen LogP contribution in [0.25, 0.3) is 11.1 Å². The van der Waals surface area contributed by atoms with E-state index in [2.05, 4.69) is 0 Å². The highest BCUT2D eigenvalue weighted by atomic mass is 32.2. The standard InChI is InChI=1S/C23H22FNO5S2/c1-25(31-19-8-6-18(24)7-9-19)14-16-3-12-22(30-15-23(26)27)21(13-16)17-4-10-20(11-5-17)32(2,28)29/h3-13H,14-15H2,1-2H3,(H,26,27). The Bertz CT molecular complexity index is 1200. The van der Waals surface area contributed by atoms with Crippen LogP contribution < -0.4 is 4.74 Å². The number of rotatable bonds is 9. The van der Waals surface area contributed by atoms with Crippen molar-refractivity contribution in [2.75, 3.05) is 19.9 Å². The Hall–Kier alpha value is -2.88. The maximum Gasteiger partial charge on any atom is 0.341 e. The lowest BCUT2D eigenvalue weighted by molar-refractivity contribution is -0.139. The lowest BCUT2D eigenvalue weighted by Crippen LogP contribution is -2.11. The fourth-order valence-corrected chi connectivity index (χ4v) is 4.47. The van der Waals surface area contributed by atoms with Crippen molar-refractivity contribution < 1.29 is 27.4 Å². The minimum atomic E-state index is -3.33. The summed E-state index contributed by atoms with van der Waals surface area (Å²) in [5.41, 5.74) is 2.30. The van der Waals surface area contributed by atoms with E-state index >= 15 is 0 Å². The third-order valence-electron chi connectivity index (χ3n) is 4.47. The lowest BCUT2D eigenvalue weighted by Gasteiger charge is -2.18. The number of benzene rings is 3. The molecule has 0 fully saturated rings. The Morgan fingerprint density at radius 2 is 1.72 bits per heavy atom. The monoisotopic (exact) mass is 475 g/mol. The molecule has 0 heterocycles. The summed E-state index contributed by atoms with van der Waals surface area (Å²) in [5.74, 6) is -1.000. The van der Waals surface area contributed by atoms with Crippen LogP contribution in [0.1, 0.15) is 5.56 Å².